The predicted molar refractivity (Wildman–Crippen MR) is 39.5 cm³/mol. The minimum absolute atomic E-state index is 0.617. The molecule has 0 radical (unpaired) electrons. The third kappa shape index (κ3) is 2.85. The van der Waals surface area contributed by atoms with Crippen molar-refractivity contribution in [2.24, 2.45) is 16.2 Å². The molecule has 0 aromatic heterocycles. The zero-order valence-electron chi connectivity index (χ0n) is 5.77. The maximum Gasteiger partial charge on any atom is 0.0909 e. The number of nitrogens with zero attached hydrogens (tertiary/aromatic N) is 2. The highest BCUT2D eigenvalue weighted by Gasteiger charge is 1.85. The van der Waals surface area contributed by atoms with E-state index in [1.807, 2.05) is 6.07 Å². The van der Waals surface area contributed by atoms with Crippen LogP contribution < -0.4 is 11.1 Å². The van der Waals surface area contributed by atoms with Crippen molar-refractivity contribution in [3.63, 3.8) is 0 Å². The Kier molecular flexibility index (Phi) is 2.67. The molecule has 5 heteroatoms. The monoisotopic (exact) mass is 152 g/mol. The first-order valence-corrected chi connectivity index (χ1v) is 3.05. The molecule has 0 amide bonds. The van der Waals surface area contributed by atoms with E-state index in [0.29, 0.717) is 5.69 Å². The van der Waals surface area contributed by atoms with E-state index in [-0.39, 0.29) is 0 Å². The standard InChI is InChI=1S/C6H8N4O/c7-10(11)9-8-6-4-2-1-3-5-6/h1-5,10H,7H2. The average molecular weight is 152 g/mol. The van der Waals surface area contributed by atoms with Gasteiger partial charge in [0.15, 0.2) is 0 Å². The maximum absolute atomic E-state index is 10.1. The minimum atomic E-state index is -0.783. The second kappa shape index (κ2) is 3.77. The van der Waals surface area contributed by atoms with E-state index in [1.54, 1.807) is 24.3 Å². The van der Waals surface area contributed by atoms with Crippen molar-refractivity contribution < 1.29 is 5.28 Å². The van der Waals surface area contributed by atoms with Gasteiger partial charge in [-0.05, 0) is 12.1 Å². The lowest BCUT2D eigenvalue weighted by Gasteiger charge is -2.01. The van der Waals surface area contributed by atoms with E-state index in [9.17, 15) is 5.21 Å². The smallest absolute Gasteiger partial charge is 0.0909 e. The van der Waals surface area contributed by atoms with Gasteiger partial charge >= 0.3 is 0 Å². The molecule has 0 bridgehead atoms. The van der Waals surface area contributed by atoms with Gasteiger partial charge in [-0.15, -0.1) is 5.28 Å². The molecule has 0 saturated heterocycles. The van der Waals surface area contributed by atoms with Crippen LogP contribution >= 0.6 is 0 Å². The fourth-order valence-electron chi connectivity index (χ4n) is 0.602. The van der Waals surface area contributed by atoms with E-state index >= 15 is 0 Å². The molecule has 1 aromatic rings. The summed E-state index contributed by atoms with van der Waals surface area (Å²) in [6.07, 6.45) is 0. The summed E-state index contributed by atoms with van der Waals surface area (Å²) in [6, 6.07) is 8.91. The molecule has 1 rings (SSSR count). The van der Waals surface area contributed by atoms with Gasteiger partial charge in [-0.2, -0.15) is 5.84 Å². The molecule has 1 unspecified atom stereocenters. The van der Waals surface area contributed by atoms with Crippen LogP contribution in [-0.4, -0.2) is 0 Å². The molecule has 0 saturated carbocycles. The SMILES string of the molecule is N[NH+]([O-])N=Nc1ccccc1. The number of hydrogen-bond acceptors (Lipinski definition) is 4. The fraction of sp³-hybridized carbons (Fsp3) is 0. The first-order chi connectivity index (χ1) is 5.29. The second-order valence-electron chi connectivity index (χ2n) is 1.87. The molecule has 0 aliphatic carbocycles. The van der Waals surface area contributed by atoms with Gasteiger partial charge in [0.05, 0.1) is 5.69 Å². The molecular weight excluding hydrogens is 144 g/mol. The first-order valence-electron chi connectivity index (χ1n) is 3.05. The van der Waals surface area contributed by atoms with Crippen molar-refractivity contribution in [2.45, 2.75) is 0 Å². The second-order valence-corrected chi connectivity index (χ2v) is 1.87. The number of nitrogens with one attached hydrogen (secondary N) is 1. The maximum atomic E-state index is 10.1. The summed E-state index contributed by atoms with van der Waals surface area (Å²) in [4.78, 5) is 0. The third-order valence-corrected chi connectivity index (χ3v) is 1.02. The van der Waals surface area contributed by atoms with Gasteiger partial charge in [0.2, 0.25) is 0 Å². The van der Waals surface area contributed by atoms with E-state index in [0.717, 1.165) is 0 Å². The molecular formula is C6H8N4O. The Morgan fingerprint density at radius 1 is 1.27 bits per heavy atom. The van der Waals surface area contributed by atoms with E-state index in [1.165, 1.54) is 0 Å². The Balaban J connectivity index is 2.65. The Morgan fingerprint density at radius 2 is 1.91 bits per heavy atom. The highest BCUT2D eigenvalue weighted by Crippen LogP contribution is 2.08. The molecule has 58 valence electrons. The topological polar surface area (TPSA) is 78.2 Å². The van der Waals surface area contributed by atoms with Crippen molar-refractivity contribution in [1.29, 1.82) is 0 Å². The van der Waals surface area contributed by atoms with E-state index in [2.05, 4.69) is 10.3 Å². The van der Waals surface area contributed by atoms with Crippen LogP contribution in [0.25, 0.3) is 0 Å². The van der Waals surface area contributed by atoms with Crippen molar-refractivity contribution in [1.82, 2.24) is 0 Å². The Morgan fingerprint density at radius 3 is 2.45 bits per heavy atom. The van der Waals surface area contributed by atoms with Crippen LogP contribution in [0.4, 0.5) is 5.69 Å². The summed E-state index contributed by atoms with van der Waals surface area (Å²) in [5.74, 6) is 4.74. The van der Waals surface area contributed by atoms with Gasteiger partial charge in [-0.3, -0.25) is 0 Å². The number of hydrogen-bond donors (Lipinski definition) is 2. The van der Waals surface area contributed by atoms with Gasteiger partial charge < -0.3 is 5.21 Å². The predicted octanol–water partition coefficient (Wildman–Crippen LogP) is -0.0583. The Bertz CT molecular complexity index is 234. The number of rotatable bonds is 2. The summed E-state index contributed by atoms with van der Waals surface area (Å²) >= 11 is 0. The van der Waals surface area contributed by atoms with Crippen LogP contribution in [-0.2, 0) is 0 Å². The van der Waals surface area contributed by atoms with Gasteiger partial charge in [-0.25, -0.2) is 0 Å². The van der Waals surface area contributed by atoms with Crippen molar-refractivity contribution in [3.05, 3.63) is 35.5 Å². The van der Waals surface area contributed by atoms with Gasteiger partial charge in [-0.1, -0.05) is 23.3 Å². The molecule has 1 aromatic carbocycles. The van der Waals surface area contributed by atoms with Crippen LogP contribution in [0.15, 0.2) is 40.7 Å². The molecule has 0 spiro atoms. The highest BCUT2D eigenvalue weighted by atomic mass is 16.6. The van der Waals surface area contributed by atoms with Crippen LogP contribution in [0.2, 0.25) is 0 Å². The van der Waals surface area contributed by atoms with Gasteiger partial charge in [0.1, 0.15) is 0 Å². The highest BCUT2D eigenvalue weighted by molar-refractivity contribution is 5.34. The summed E-state index contributed by atoms with van der Waals surface area (Å²) in [6.45, 7) is 0. The lowest BCUT2D eigenvalue weighted by molar-refractivity contribution is -0.873. The van der Waals surface area contributed by atoms with E-state index < -0.39 is 5.28 Å². The normalized spacial score (nSPS) is 13.6. The quantitative estimate of drug-likeness (QED) is 0.354. The van der Waals surface area contributed by atoms with Crippen LogP contribution in [0.3, 0.4) is 0 Å². The number of quaternary nitrogens is 1. The van der Waals surface area contributed by atoms with Gasteiger partial charge in [0, 0.05) is 5.22 Å². The summed E-state index contributed by atoms with van der Waals surface area (Å²) in [5, 5.41) is 16.1. The Labute approximate surface area is 63.7 Å². The largest absolute Gasteiger partial charge is 0.585 e. The third-order valence-electron chi connectivity index (χ3n) is 1.02. The van der Waals surface area contributed by atoms with Crippen molar-refractivity contribution in [2.75, 3.05) is 0 Å². The molecule has 0 aliphatic heterocycles. The Hall–Kier alpha value is -1.30. The molecule has 11 heavy (non-hydrogen) atoms. The van der Waals surface area contributed by atoms with Crippen molar-refractivity contribution in [3.8, 4) is 0 Å². The average Bonchev–Trinajstić information content (AvgIpc) is 2.03. The molecule has 0 aliphatic rings. The van der Waals surface area contributed by atoms with Crippen LogP contribution in [0.5, 0.6) is 0 Å². The molecule has 0 fully saturated rings. The lowest BCUT2D eigenvalue weighted by atomic mass is 10.3. The number of nitrogens with two attached hydrogens (primary N) is 1. The number of benzene rings is 1. The summed E-state index contributed by atoms with van der Waals surface area (Å²) in [7, 11) is 0. The summed E-state index contributed by atoms with van der Waals surface area (Å²) in [5.41, 5.74) is 0.617. The molecule has 3 N–H and O–H groups in total. The van der Waals surface area contributed by atoms with Crippen LogP contribution in [0, 0.1) is 5.21 Å². The fourth-order valence-corrected chi connectivity index (χ4v) is 0.602. The lowest BCUT2D eigenvalue weighted by Crippen LogP contribution is -3.08. The summed E-state index contributed by atoms with van der Waals surface area (Å²) < 4.78 is 0. The zero-order valence-corrected chi connectivity index (χ0v) is 5.77. The minimum Gasteiger partial charge on any atom is -0.585 e. The first kappa shape index (κ1) is 7.80. The zero-order chi connectivity index (χ0) is 8.10. The molecule has 0 heterocycles. The van der Waals surface area contributed by atoms with E-state index in [4.69, 9.17) is 5.84 Å². The van der Waals surface area contributed by atoms with Gasteiger partial charge in [0.25, 0.3) is 0 Å². The van der Waals surface area contributed by atoms with Crippen LogP contribution in [0.1, 0.15) is 0 Å². The molecule has 5 nitrogen and oxygen atoms in total. The van der Waals surface area contributed by atoms with Crippen molar-refractivity contribution >= 4 is 5.69 Å². The molecule has 1 atom stereocenters.